The van der Waals surface area contributed by atoms with Gasteiger partial charge in [0.05, 0.1) is 0 Å². The van der Waals surface area contributed by atoms with Crippen LogP contribution in [0, 0.1) is 0 Å². The predicted octanol–water partition coefficient (Wildman–Crippen LogP) is 2.70. The van der Waals surface area contributed by atoms with Crippen molar-refractivity contribution in [3.63, 3.8) is 0 Å². The van der Waals surface area contributed by atoms with E-state index in [1.807, 2.05) is 18.2 Å². The standard InChI is InChI=1S/C16H17N3O2/c1-2-6-13-12(5-1)16(19-9-18-13)17-8-11-4-3-7-14-15(11)21-10-20-14/h3-4,7,9H,1-2,5-6,8,10H2,(H,17,18,19). The Hall–Kier alpha value is -2.30. The molecule has 0 spiro atoms. The zero-order valence-electron chi connectivity index (χ0n) is 11.8. The Kier molecular flexibility index (Phi) is 3.10. The van der Waals surface area contributed by atoms with Crippen LogP contribution in [0.15, 0.2) is 24.5 Å². The largest absolute Gasteiger partial charge is 0.454 e. The summed E-state index contributed by atoms with van der Waals surface area (Å²) < 4.78 is 10.9. The van der Waals surface area contributed by atoms with Crippen LogP contribution in [0.1, 0.15) is 29.7 Å². The molecule has 0 saturated carbocycles. The van der Waals surface area contributed by atoms with Crippen molar-refractivity contribution >= 4 is 5.82 Å². The summed E-state index contributed by atoms with van der Waals surface area (Å²) in [4.78, 5) is 8.80. The first-order valence-corrected chi connectivity index (χ1v) is 7.36. The van der Waals surface area contributed by atoms with Gasteiger partial charge in [0, 0.05) is 23.4 Å². The summed E-state index contributed by atoms with van der Waals surface area (Å²) in [7, 11) is 0. The van der Waals surface area contributed by atoms with Crippen molar-refractivity contribution < 1.29 is 9.47 Å². The molecule has 0 unspecified atom stereocenters. The van der Waals surface area contributed by atoms with E-state index in [0.29, 0.717) is 13.3 Å². The van der Waals surface area contributed by atoms with Gasteiger partial charge in [0.15, 0.2) is 11.5 Å². The molecule has 0 bridgehead atoms. The lowest BCUT2D eigenvalue weighted by atomic mass is 9.96. The van der Waals surface area contributed by atoms with Gasteiger partial charge in [-0.3, -0.25) is 0 Å². The van der Waals surface area contributed by atoms with Crippen molar-refractivity contribution in [2.45, 2.75) is 32.2 Å². The summed E-state index contributed by atoms with van der Waals surface area (Å²) in [5.74, 6) is 2.61. The summed E-state index contributed by atoms with van der Waals surface area (Å²) in [6.45, 7) is 0.977. The Bertz CT molecular complexity index is 673. The molecule has 5 nitrogen and oxygen atoms in total. The van der Waals surface area contributed by atoms with Crippen LogP contribution in [-0.2, 0) is 19.4 Å². The second-order valence-electron chi connectivity index (χ2n) is 5.36. The third-order valence-corrected chi connectivity index (χ3v) is 4.05. The Morgan fingerprint density at radius 3 is 3.05 bits per heavy atom. The number of hydrogen-bond acceptors (Lipinski definition) is 5. The molecule has 1 aliphatic carbocycles. The Balaban J connectivity index is 1.57. The number of nitrogens with one attached hydrogen (secondary N) is 1. The summed E-state index contributed by atoms with van der Waals surface area (Å²) >= 11 is 0. The van der Waals surface area contributed by atoms with E-state index < -0.39 is 0 Å². The SMILES string of the molecule is c1cc(CNc2ncnc3c2CCCC3)c2c(c1)OCO2. The van der Waals surface area contributed by atoms with E-state index >= 15 is 0 Å². The topological polar surface area (TPSA) is 56.3 Å². The maximum Gasteiger partial charge on any atom is 0.231 e. The second-order valence-corrected chi connectivity index (χ2v) is 5.36. The van der Waals surface area contributed by atoms with Crippen LogP contribution in [0.3, 0.4) is 0 Å². The van der Waals surface area contributed by atoms with Crippen LogP contribution < -0.4 is 14.8 Å². The lowest BCUT2D eigenvalue weighted by molar-refractivity contribution is 0.173. The number of para-hydroxylation sites is 1. The average molecular weight is 283 g/mol. The highest BCUT2D eigenvalue weighted by Gasteiger charge is 2.18. The average Bonchev–Trinajstić information content (AvgIpc) is 3.02. The van der Waals surface area contributed by atoms with Crippen LogP contribution in [0.4, 0.5) is 5.82 Å². The molecule has 5 heteroatoms. The number of anilines is 1. The smallest absolute Gasteiger partial charge is 0.231 e. The molecule has 1 aromatic heterocycles. The van der Waals surface area contributed by atoms with Gasteiger partial charge >= 0.3 is 0 Å². The molecule has 2 heterocycles. The van der Waals surface area contributed by atoms with E-state index in [1.165, 1.54) is 24.1 Å². The number of aryl methyl sites for hydroxylation is 1. The molecule has 4 rings (SSSR count). The van der Waals surface area contributed by atoms with Gasteiger partial charge in [-0.1, -0.05) is 12.1 Å². The van der Waals surface area contributed by atoms with Crippen LogP contribution in [0.25, 0.3) is 0 Å². The van der Waals surface area contributed by atoms with E-state index in [0.717, 1.165) is 35.7 Å². The molecule has 2 aliphatic rings. The normalized spacial score (nSPS) is 15.6. The van der Waals surface area contributed by atoms with Gasteiger partial charge < -0.3 is 14.8 Å². The van der Waals surface area contributed by atoms with Gasteiger partial charge in [-0.25, -0.2) is 9.97 Å². The molecule has 1 N–H and O–H groups in total. The minimum absolute atomic E-state index is 0.301. The minimum Gasteiger partial charge on any atom is -0.454 e. The minimum atomic E-state index is 0.301. The van der Waals surface area contributed by atoms with Gasteiger partial charge in [-0.05, 0) is 31.7 Å². The van der Waals surface area contributed by atoms with E-state index in [1.54, 1.807) is 6.33 Å². The molecule has 0 fully saturated rings. The molecule has 108 valence electrons. The maximum absolute atomic E-state index is 5.54. The van der Waals surface area contributed by atoms with Crippen molar-refractivity contribution in [2.24, 2.45) is 0 Å². The van der Waals surface area contributed by atoms with Crippen LogP contribution in [0.5, 0.6) is 11.5 Å². The quantitative estimate of drug-likeness (QED) is 0.938. The van der Waals surface area contributed by atoms with Crippen molar-refractivity contribution in [3.8, 4) is 11.5 Å². The zero-order chi connectivity index (χ0) is 14.1. The summed E-state index contributed by atoms with van der Waals surface area (Å²) in [6.07, 6.45) is 6.21. The third-order valence-electron chi connectivity index (χ3n) is 4.05. The number of aromatic nitrogens is 2. The fourth-order valence-corrected chi connectivity index (χ4v) is 2.98. The number of benzene rings is 1. The maximum atomic E-state index is 5.54. The second kappa shape index (κ2) is 5.24. The summed E-state index contributed by atoms with van der Waals surface area (Å²) in [6, 6.07) is 5.96. The molecule has 0 radical (unpaired) electrons. The van der Waals surface area contributed by atoms with Crippen molar-refractivity contribution in [3.05, 3.63) is 41.3 Å². The van der Waals surface area contributed by atoms with Gasteiger partial charge in [0.1, 0.15) is 12.1 Å². The highest BCUT2D eigenvalue weighted by molar-refractivity contribution is 5.52. The molecule has 21 heavy (non-hydrogen) atoms. The molecule has 1 aliphatic heterocycles. The number of hydrogen-bond donors (Lipinski definition) is 1. The highest BCUT2D eigenvalue weighted by Crippen LogP contribution is 2.35. The number of fused-ring (bicyclic) bond motifs is 2. The lowest BCUT2D eigenvalue weighted by Crippen LogP contribution is -2.12. The third kappa shape index (κ3) is 2.28. The van der Waals surface area contributed by atoms with Crippen LogP contribution >= 0.6 is 0 Å². The van der Waals surface area contributed by atoms with Gasteiger partial charge in [0.25, 0.3) is 0 Å². The summed E-state index contributed by atoms with van der Waals surface area (Å²) in [5.41, 5.74) is 3.55. The fraction of sp³-hybridized carbons (Fsp3) is 0.375. The Labute approximate surface area is 123 Å². The Morgan fingerprint density at radius 1 is 1.10 bits per heavy atom. The molecular weight excluding hydrogens is 266 g/mol. The first kappa shape index (κ1) is 12.4. The fourth-order valence-electron chi connectivity index (χ4n) is 2.98. The van der Waals surface area contributed by atoms with Crippen molar-refractivity contribution in [1.82, 2.24) is 9.97 Å². The lowest BCUT2D eigenvalue weighted by Gasteiger charge is -2.18. The van der Waals surface area contributed by atoms with Crippen molar-refractivity contribution in [2.75, 3.05) is 12.1 Å². The number of rotatable bonds is 3. The molecule has 0 atom stereocenters. The molecular formula is C16H17N3O2. The predicted molar refractivity (Wildman–Crippen MR) is 78.6 cm³/mol. The Morgan fingerprint density at radius 2 is 2.05 bits per heavy atom. The first-order chi connectivity index (χ1) is 10.4. The van der Waals surface area contributed by atoms with Gasteiger partial charge in [-0.15, -0.1) is 0 Å². The molecule has 0 amide bonds. The molecule has 0 saturated heterocycles. The monoisotopic (exact) mass is 283 g/mol. The molecule has 2 aromatic rings. The van der Waals surface area contributed by atoms with Crippen LogP contribution in [-0.4, -0.2) is 16.8 Å². The van der Waals surface area contributed by atoms with E-state index in [9.17, 15) is 0 Å². The highest BCUT2D eigenvalue weighted by atomic mass is 16.7. The number of ether oxygens (including phenoxy) is 2. The van der Waals surface area contributed by atoms with E-state index in [-0.39, 0.29) is 0 Å². The van der Waals surface area contributed by atoms with Crippen molar-refractivity contribution in [1.29, 1.82) is 0 Å². The van der Waals surface area contributed by atoms with E-state index in [4.69, 9.17) is 9.47 Å². The molecule has 1 aromatic carbocycles. The number of nitrogens with zero attached hydrogens (tertiary/aromatic N) is 2. The van der Waals surface area contributed by atoms with Crippen LogP contribution in [0.2, 0.25) is 0 Å². The van der Waals surface area contributed by atoms with Gasteiger partial charge in [0.2, 0.25) is 6.79 Å². The zero-order valence-corrected chi connectivity index (χ0v) is 11.8. The summed E-state index contributed by atoms with van der Waals surface area (Å²) in [5, 5.41) is 3.43. The van der Waals surface area contributed by atoms with Gasteiger partial charge in [-0.2, -0.15) is 0 Å². The first-order valence-electron chi connectivity index (χ1n) is 7.36. The van der Waals surface area contributed by atoms with E-state index in [2.05, 4.69) is 15.3 Å².